The summed E-state index contributed by atoms with van der Waals surface area (Å²) in [6.45, 7) is 0.364. The van der Waals surface area contributed by atoms with E-state index < -0.39 is 0 Å². The van der Waals surface area contributed by atoms with Gasteiger partial charge in [-0.05, 0) is 36.4 Å². The minimum atomic E-state index is 0.149. The molecule has 0 saturated heterocycles. The van der Waals surface area contributed by atoms with Crippen LogP contribution in [0.25, 0.3) is 0 Å². The molecule has 2 N–H and O–H groups in total. The highest BCUT2D eigenvalue weighted by Crippen LogP contribution is 2.23. The van der Waals surface area contributed by atoms with Crippen LogP contribution in [0.15, 0.2) is 36.4 Å². The van der Waals surface area contributed by atoms with Crippen LogP contribution in [0.3, 0.4) is 0 Å². The fourth-order valence-electron chi connectivity index (χ4n) is 1.74. The first-order chi connectivity index (χ1) is 9.63. The van der Waals surface area contributed by atoms with Crippen LogP contribution in [-0.4, -0.2) is 5.11 Å². The first-order valence-electron chi connectivity index (χ1n) is 5.79. The van der Waals surface area contributed by atoms with Crippen molar-refractivity contribution in [1.82, 2.24) is 0 Å². The molecule has 2 aromatic carbocycles. The van der Waals surface area contributed by atoms with E-state index in [-0.39, 0.29) is 5.75 Å². The third-order valence-corrected chi connectivity index (χ3v) is 3.02. The van der Waals surface area contributed by atoms with Gasteiger partial charge < -0.3 is 10.4 Å². The van der Waals surface area contributed by atoms with Gasteiger partial charge in [-0.25, -0.2) is 0 Å². The van der Waals surface area contributed by atoms with Crippen LogP contribution >= 0.6 is 11.6 Å². The highest BCUT2D eigenvalue weighted by Gasteiger charge is 2.05. The average molecular weight is 284 g/mol. The first kappa shape index (κ1) is 13.7. The van der Waals surface area contributed by atoms with Gasteiger partial charge in [-0.2, -0.15) is 10.5 Å². The summed E-state index contributed by atoms with van der Waals surface area (Å²) < 4.78 is 0. The molecule has 0 aliphatic carbocycles. The number of nitriles is 2. The quantitative estimate of drug-likeness (QED) is 0.905. The second-order valence-electron chi connectivity index (χ2n) is 4.11. The van der Waals surface area contributed by atoms with Gasteiger partial charge in [0.25, 0.3) is 0 Å². The zero-order chi connectivity index (χ0) is 14.5. The smallest absolute Gasteiger partial charge is 0.120 e. The highest BCUT2D eigenvalue weighted by atomic mass is 35.5. The summed E-state index contributed by atoms with van der Waals surface area (Å²) in [5.41, 5.74) is 2.00. The predicted molar refractivity (Wildman–Crippen MR) is 76.3 cm³/mol. The van der Waals surface area contributed by atoms with Crippen molar-refractivity contribution < 1.29 is 5.11 Å². The van der Waals surface area contributed by atoms with Crippen LogP contribution in [0.2, 0.25) is 5.02 Å². The third kappa shape index (κ3) is 3.00. The van der Waals surface area contributed by atoms with Crippen molar-refractivity contribution in [1.29, 1.82) is 10.5 Å². The van der Waals surface area contributed by atoms with Crippen molar-refractivity contribution in [3.63, 3.8) is 0 Å². The Kier molecular flexibility index (Phi) is 4.10. The summed E-state index contributed by atoms with van der Waals surface area (Å²) in [5, 5.41) is 31.1. The molecule has 0 amide bonds. The number of nitrogens with one attached hydrogen (secondary N) is 1. The summed E-state index contributed by atoms with van der Waals surface area (Å²) in [6, 6.07) is 13.6. The summed E-state index contributed by atoms with van der Waals surface area (Å²) in [4.78, 5) is 0. The molecule has 0 unspecified atom stereocenters. The van der Waals surface area contributed by atoms with Crippen molar-refractivity contribution >= 4 is 17.3 Å². The lowest BCUT2D eigenvalue weighted by Gasteiger charge is -2.09. The van der Waals surface area contributed by atoms with Gasteiger partial charge in [0.15, 0.2) is 0 Å². The molecular weight excluding hydrogens is 274 g/mol. The van der Waals surface area contributed by atoms with Gasteiger partial charge in [0, 0.05) is 22.8 Å². The van der Waals surface area contributed by atoms with Crippen molar-refractivity contribution in [3.05, 3.63) is 58.1 Å². The zero-order valence-corrected chi connectivity index (χ0v) is 11.1. The number of anilines is 1. The molecule has 2 aromatic rings. The maximum absolute atomic E-state index is 9.70. The van der Waals surface area contributed by atoms with Crippen molar-refractivity contribution in [2.45, 2.75) is 6.54 Å². The van der Waals surface area contributed by atoms with E-state index in [4.69, 9.17) is 22.1 Å². The third-order valence-electron chi connectivity index (χ3n) is 2.78. The van der Waals surface area contributed by atoms with Gasteiger partial charge in [0.05, 0.1) is 11.1 Å². The van der Waals surface area contributed by atoms with E-state index in [1.165, 1.54) is 6.07 Å². The van der Waals surface area contributed by atoms with Gasteiger partial charge in [-0.15, -0.1) is 0 Å². The largest absolute Gasteiger partial charge is 0.508 e. The molecule has 0 bridgehead atoms. The number of phenolic OH excluding ortho intramolecular Hbond substituents is 1. The molecule has 0 spiro atoms. The molecule has 98 valence electrons. The summed E-state index contributed by atoms with van der Waals surface area (Å²) in [7, 11) is 0. The second kappa shape index (κ2) is 5.97. The van der Waals surface area contributed by atoms with Crippen LogP contribution in [0, 0.1) is 22.7 Å². The van der Waals surface area contributed by atoms with Crippen molar-refractivity contribution in [2.75, 3.05) is 5.32 Å². The van der Waals surface area contributed by atoms with Crippen molar-refractivity contribution in [2.24, 2.45) is 0 Å². The Bertz CT molecular complexity index is 729. The molecule has 0 saturated carbocycles. The number of phenols is 1. The molecule has 0 aromatic heterocycles. The standard InChI is InChI=1S/C15H10ClN3O/c16-13-2-4-15(20)12(5-13)9-19-14-3-1-10(7-17)11(6-14)8-18/h1-6,19-20H,9H2. The number of nitrogens with zero attached hydrogens (tertiary/aromatic N) is 2. The lowest BCUT2D eigenvalue weighted by atomic mass is 10.1. The SMILES string of the molecule is N#Cc1ccc(NCc2cc(Cl)ccc2O)cc1C#N. The molecule has 0 fully saturated rings. The maximum atomic E-state index is 9.70. The molecule has 4 nitrogen and oxygen atoms in total. The monoisotopic (exact) mass is 283 g/mol. The highest BCUT2D eigenvalue weighted by molar-refractivity contribution is 6.30. The molecule has 0 atom stereocenters. The fourth-order valence-corrected chi connectivity index (χ4v) is 1.93. The molecule has 0 aliphatic heterocycles. The Balaban J connectivity index is 2.18. The van der Waals surface area contributed by atoms with Gasteiger partial charge >= 0.3 is 0 Å². The van der Waals surface area contributed by atoms with E-state index in [1.54, 1.807) is 30.3 Å². The number of hydrogen-bond donors (Lipinski definition) is 2. The molecule has 2 rings (SSSR count). The van der Waals surface area contributed by atoms with E-state index in [0.29, 0.717) is 33.9 Å². The Morgan fingerprint density at radius 2 is 1.80 bits per heavy atom. The number of halogens is 1. The Morgan fingerprint density at radius 3 is 2.50 bits per heavy atom. The van der Waals surface area contributed by atoms with Crippen molar-refractivity contribution in [3.8, 4) is 17.9 Å². The molecule has 0 heterocycles. The Labute approximate surface area is 121 Å². The Morgan fingerprint density at radius 1 is 1.05 bits per heavy atom. The summed E-state index contributed by atoms with van der Waals surface area (Å²) >= 11 is 5.87. The predicted octanol–water partition coefficient (Wildman–Crippen LogP) is 3.40. The molecule has 5 heteroatoms. The fraction of sp³-hybridized carbons (Fsp3) is 0.0667. The topological polar surface area (TPSA) is 79.8 Å². The van der Waals surface area contributed by atoms with Crippen LogP contribution in [0.5, 0.6) is 5.75 Å². The zero-order valence-electron chi connectivity index (χ0n) is 10.4. The lowest BCUT2D eigenvalue weighted by molar-refractivity contribution is 0.469. The van der Waals surface area contributed by atoms with Crippen LogP contribution in [0.1, 0.15) is 16.7 Å². The van der Waals surface area contributed by atoms with E-state index in [0.717, 1.165) is 0 Å². The van der Waals surface area contributed by atoms with E-state index in [1.807, 2.05) is 12.1 Å². The van der Waals surface area contributed by atoms with Gasteiger partial charge in [0.1, 0.15) is 17.9 Å². The van der Waals surface area contributed by atoms with Crippen LogP contribution in [-0.2, 0) is 6.54 Å². The number of hydrogen-bond acceptors (Lipinski definition) is 4. The van der Waals surface area contributed by atoms with Gasteiger partial charge in [-0.3, -0.25) is 0 Å². The van der Waals surface area contributed by atoms with E-state index >= 15 is 0 Å². The average Bonchev–Trinajstić information content (AvgIpc) is 2.47. The van der Waals surface area contributed by atoms with Gasteiger partial charge in [0.2, 0.25) is 0 Å². The second-order valence-corrected chi connectivity index (χ2v) is 4.55. The number of aromatic hydroxyl groups is 1. The molecule has 20 heavy (non-hydrogen) atoms. The van der Waals surface area contributed by atoms with Crippen LogP contribution < -0.4 is 5.32 Å². The molecule has 0 aliphatic rings. The molecular formula is C15H10ClN3O. The van der Waals surface area contributed by atoms with E-state index in [2.05, 4.69) is 5.32 Å². The Hall–Kier alpha value is -2.69. The van der Waals surface area contributed by atoms with E-state index in [9.17, 15) is 5.11 Å². The lowest BCUT2D eigenvalue weighted by Crippen LogP contribution is -2.00. The summed E-state index contributed by atoms with van der Waals surface area (Å²) in [6.07, 6.45) is 0. The normalized spacial score (nSPS) is 9.55. The van der Waals surface area contributed by atoms with Gasteiger partial charge in [-0.1, -0.05) is 11.6 Å². The number of benzene rings is 2. The minimum absolute atomic E-state index is 0.149. The van der Waals surface area contributed by atoms with Crippen LogP contribution in [0.4, 0.5) is 5.69 Å². The first-order valence-corrected chi connectivity index (χ1v) is 6.17. The number of rotatable bonds is 3. The minimum Gasteiger partial charge on any atom is -0.508 e. The molecule has 0 radical (unpaired) electrons. The summed E-state index contributed by atoms with van der Waals surface area (Å²) in [5.74, 6) is 0.149. The maximum Gasteiger partial charge on any atom is 0.120 e.